The van der Waals surface area contributed by atoms with Gasteiger partial charge in [-0.25, -0.2) is 10.4 Å². The molecule has 1 aromatic heterocycles. The first-order valence-corrected chi connectivity index (χ1v) is 3.12. The van der Waals surface area contributed by atoms with E-state index in [2.05, 4.69) is 20.8 Å². The van der Waals surface area contributed by atoms with Crippen molar-refractivity contribution in [3.05, 3.63) is 17.5 Å². The van der Waals surface area contributed by atoms with Crippen molar-refractivity contribution in [2.75, 3.05) is 12.5 Å². The van der Waals surface area contributed by atoms with Gasteiger partial charge in [-0.15, -0.1) is 0 Å². The molecule has 0 fully saturated rings. The van der Waals surface area contributed by atoms with Gasteiger partial charge in [-0.05, 0) is 11.6 Å². The summed E-state index contributed by atoms with van der Waals surface area (Å²) in [5.41, 5.74) is 5.48. The van der Waals surface area contributed by atoms with Crippen molar-refractivity contribution in [1.82, 2.24) is 15.4 Å². The predicted molar refractivity (Wildman–Crippen MR) is 39.7 cm³/mol. The Kier molecular flexibility index (Phi) is 2.42. The molecule has 2 N–H and O–H groups in total. The Morgan fingerprint density at radius 1 is 1.60 bits per heavy atom. The summed E-state index contributed by atoms with van der Waals surface area (Å²) in [6.07, 6.45) is 1.58. The van der Waals surface area contributed by atoms with Crippen molar-refractivity contribution in [2.45, 2.75) is 0 Å². The summed E-state index contributed by atoms with van der Waals surface area (Å²) in [6.45, 7) is 0. The van der Waals surface area contributed by atoms with Gasteiger partial charge in [0.1, 0.15) is 5.82 Å². The second kappa shape index (κ2) is 3.34. The number of hydrazine groups is 1. The van der Waals surface area contributed by atoms with E-state index in [4.69, 9.17) is 11.6 Å². The Hall–Kier alpha value is -0.870. The smallest absolute Gasteiger partial charge is 0.224 e. The lowest BCUT2D eigenvalue weighted by Gasteiger charge is -2.00. The fraction of sp³-hybridized carbons (Fsp3) is 0.200. The maximum atomic E-state index is 5.49. The summed E-state index contributed by atoms with van der Waals surface area (Å²) in [7, 11) is 1.75. The van der Waals surface area contributed by atoms with E-state index in [1.807, 2.05) is 0 Å². The number of anilines is 1. The van der Waals surface area contributed by atoms with E-state index in [1.165, 1.54) is 0 Å². The van der Waals surface area contributed by atoms with Gasteiger partial charge in [-0.2, -0.15) is 4.98 Å². The molecule has 1 rings (SSSR count). The molecular formula is C5H7ClN4. The zero-order valence-corrected chi connectivity index (χ0v) is 6.18. The van der Waals surface area contributed by atoms with E-state index in [9.17, 15) is 0 Å². The Morgan fingerprint density at radius 2 is 2.40 bits per heavy atom. The SMILES string of the molecule is CNNc1ccnc(Cl)n1. The molecule has 0 aliphatic rings. The summed E-state index contributed by atoms with van der Waals surface area (Å²) in [4.78, 5) is 7.55. The largest absolute Gasteiger partial charge is 0.306 e. The van der Waals surface area contributed by atoms with Gasteiger partial charge in [0.15, 0.2) is 0 Å². The molecule has 0 unspecified atom stereocenters. The topological polar surface area (TPSA) is 49.8 Å². The van der Waals surface area contributed by atoms with E-state index in [0.717, 1.165) is 0 Å². The van der Waals surface area contributed by atoms with Gasteiger partial charge in [0.05, 0.1) is 0 Å². The third-order valence-electron chi connectivity index (χ3n) is 0.879. The molecule has 5 heteroatoms. The lowest BCUT2D eigenvalue weighted by molar-refractivity contribution is 0.958. The van der Waals surface area contributed by atoms with E-state index in [0.29, 0.717) is 5.82 Å². The van der Waals surface area contributed by atoms with Crippen molar-refractivity contribution < 1.29 is 0 Å². The van der Waals surface area contributed by atoms with Gasteiger partial charge in [0, 0.05) is 19.3 Å². The molecule has 0 spiro atoms. The highest BCUT2D eigenvalue weighted by Gasteiger charge is 1.91. The third kappa shape index (κ3) is 1.82. The molecule has 1 aromatic rings. The van der Waals surface area contributed by atoms with Crippen LogP contribution in [0.25, 0.3) is 0 Å². The highest BCUT2D eigenvalue weighted by Crippen LogP contribution is 2.03. The van der Waals surface area contributed by atoms with Crippen LogP contribution in [0.2, 0.25) is 5.28 Å². The molecule has 0 saturated heterocycles. The zero-order valence-electron chi connectivity index (χ0n) is 5.43. The van der Waals surface area contributed by atoms with Crippen molar-refractivity contribution in [1.29, 1.82) is 0 Å². The lowest BCUT2D eigenvalue weighted by atomic mass is 10.6. The fourth-order valence-corrected chi connectivity index (χ4v) is 0.680. The first-order valence-electron chi connectivity index (χ1n) is 2.74. The number of nitrogens with one attached hydrogen (secondary N) is 2. The van der Waals surface area contributed by atoms with Gasteiger partial charge in [0.25, 0.3) is 0 Å². The molecule has 0 amide bonds. The first kappa shape index (κ1) is 7.24. The standard InChI is InChI=1S/C5H7ClN4/c1-7-10-4-2-3-8-5(6)9-4/h2-3,7H,1H3,(H,8,9,10). The Balaban J connectivity index is 2.75. The lowest BCUT2D eigenvalue weighted by Crippen LogP contribution is -2.15. The van der Waals surface area contributed by atoms with Crippen LogP contribution in [0.3, 0.4) is 0 Å². The van der Waals surface area contributed by atoms with Crippen LogP contribution in [0, 0.1) is 0 Å². The molecule has 0 saturated carbocycles. The molecule has 10 heavy (non-hydrogen) atoms. The van der Waals surface area contributed by atoms with Crippen LogP contribution in [-0.2, 0) is 0 Å². The fourth-order valence-electron chi connectivity index (χ4n) is 0.533. The van der Waals surface area contributed by atoms with Gasteiger partial charge >= 0.3 is 0 Å². The van der Waals surface area contributed by atoms with Crippen LogP contribution in [0.1, 0.15) is 0 Å². The van der Waals surface area contributed by atoms with E-state index >= 15 is 0 Å². The number of halogens is 1. The highest BCUT2D eigenvalue weighted by molar-refractivity contribution is 6.28. The van der Waals surface area contributed by atoms with E-state index < -0.39 is 0 Å². The molecule has 0 bridgehead atoms. The van der Waals surface area contributed by atoms with Crippen molar-refractivity contribution in [3.63, 3.8) is 0 Å². The molecule has 0 aliphatic carbocycles. The number of hydrogen-bond donors (Lipinski definition) is 2. The van der Waals surface area contributed by atoms with Crippen LogP contribution >= 0.6 is 11.6 Å². The zero-order chi connectivity index (χ0) is 7.40. The average molecular weight is 159 g/mol. The van der Waals surface area contributed by atoms with Crippen LogP contribution in [0.5, 0.6) is 0 Å². The molecule has 4 nitrogen and oxygen atoms in total. The van der Waals surface area contributed by atoms with Crippen LogP contribution < -0.4 is 10.9 Å². The summed E-state index contributed by atoms with van der Waals surface area (Å²) < 4.78 is 0. The quantitative estimate of drug-likeness (QED) is 0.491. The number of nitrogens with zero attached hydrogens (tertiary/aromatic N) is 2. The van der Waals surface area contributed by atoms with Crippen LogP contribution in [0.15, 0.2) is 12.3 Å². The van der Waals surface area contributed by atoms with Crippen molar-refractivity contribution in [2.24, 2.45) is 0 Å². The maximum absolute atomic E-state index is 5.49. The normalized spacial score (nSPS) is 9.40. The van der Waals surface area contributed by atoms with Gasteiger partial charge < -0.3 is 5.43 Å². The monoisotopic (exact) mass is 158 g/mol. The third-order valence-corrected chi connectivity index (χ3v) is 1.06. The van der Waals surface area contributed by atoms with E-state index in [-0.39, 0.29) is 5.28 Å². The molecule has 1 heterocycles. The number of rotatable bonds is 2. The maximum Gasteiger partial charge on any atom is 0.224 e. The molecule has 0 radical (unpaired) electrons. The summed E-state index contributed by atoms with van der Waals surface area (Å²) in [5.74, 6) is 0.655. The predicted octanol–water partition coefficient (Wildman–Crippen LogP) is 0.676. The summed E-state index contributed by atoms with van der Waals surface area (Å²) in [6, 6.07) is 1.71. The van der Waals surface area contributed by atoms with Gasteiger partial charge in [-0.1, -0.05) is 0 Å². The number of hydrogen-bond acceptors (Lipinski definition) is 4. The molecule has 54 valence electrons. The average Bonchev–Trinajstić information content (AvgIpc) is 1.88. The van der Waals surface area contributed by atoms with Crippen molar-refractivity contribution in [3.8, 4) is 0 Å². The number of aromatic nitrogens is 2. The first-order chi connectivity index (χ1) is 4.83. The van der Waals surface area contributed by atoms with Crippen LogP contribution in [0.4, 0.5) is 5.82 Å². The Labute approximate surface area is 63.6 Å². The summed E-state index contributed by atoms with van der Waals surface area (Å²) >= 11 is 5.49. The molecule has 0 aliphatic heterocycles. The van der Waals surface area contributed by atoms with Crippen LogP contribution in [-0.4, -0.2) is 17.0 Å². The van der Waals surface area contributed by atoms with E-state index in [1.54, 1.807) is 19.3 Å². The van der Waals surface area contributed by atoms with Gasteiger partial charge in [0.2, 0.25) is 5.28 Å². The molecular weight excluding hydrogens is 152 g/mol. The highest BCUT2D eigenvalue weighted by atomic mass is 35.5. The Bertz CT molecular complexity index is 215. The molecule has 0 aromatic carbocycles. The molecule has 0 atom stereocenters. The minimum absolute atomic E-state index is 0.236. The van der Waals surface area contributed by atoms with Gasteiger partial charge in [-0.3, -0.25) is 0 Å². The second-order valence-corrected chi connectivity index (χ2v) is 1.92. The second-order valence-electron chi connectivity index (χ2n) is 1.59. The minimum Gasteiger partial charge on any atom is -0.306 e. The van der Waals surface area contributed by atoms with Crippen molar-refractivity contribution >= 4 is 17.4 Å². The minimum atomic E-state index is 0.236. The summed E-state index contributed by atoms with van der Waals surface area (Å²) in [5, 5.41) is 0.236. The Morgan fingerprint density at radius 3 is 3.00 bits per heavy atom.